The topological polar surface area (TPSA) is 28.2 Å². The van der Waals surface area contributed by atoms with Crippen LogP contribution in [0.1, 0.15) is 12.8 Å². The molecule has 21 heavy (non-hydrogen) atoms. The van der Waals surface area contributed by atoms with Crippen LogP contribution in [-0.2, 0) is 0 Å². The number of halogens is 2. The Morgan fingerprint density at radius 3 is 2.62 bits per heavy atom. The Hall–Kier alpha value is -1.62. The second kappa shape index (κ2) is 6.43. The van der Waals surface area contributed by atoms with Crippen molar-refractivity contribution in [2.24, 2.45) is 0 Å². The summed E-state index contributed by atoms with van der Waals surface area (Å²) in [5.74, 6) is 0.800. The highest BCUT2D eigenvalue weighted by atomic mass is 79.9. The predicted molar refractivity (Wildman–Crippen MR) is 87.2 cm³/mol. The van der Waals surface area contributed by atoms with Crippen molar-refractivity contribution in [2.45, 2.75) is 18.9 Å². The highest BCUT2D eigenvalue weighted by molar-refractivity contribution is 9.10. The van der Waals surface area contributed by atoms with Crippen LogP contribution in [0, 0.1) is 5.82 Å². The normalized spacial score (nSPS) is 16.0. The number of hydrogen-bond donors (Lipinski definition) is 1. The third-order valence-corrected chi connectivity index (χ3v) is 4.39. The number of hydrogen-bond acceptors (Lipinski definition) is 3. The molecule has 0 amide bonds. The molecule has 5 heteroatoms. The summed E-state index contributed by atoms with van der Waals surface area (Å²) in [6.45, 7) is 1.84. The molecule has 1 N–H and O–H groups in total. The molecular weight excluding hydrogens is 333 g/mol. The minimum Gasteiger partial charge on any atom is -0.380 e. The molecule has 0 aliphatic carbocycles. The summed E-state index contributed by atoms with van der Waals surface area (Å²) >= 11 is 3.54. The molecule has 0 radical (unpaired) electrons. The van der Waals surface area contributed by atoms with Crippen LogP contribution in [0.2, 0.25) is 0 Å². The third kappa shape index (κ3) is 3.35. The molecular formula is C16H17BrFN3. The Morgan fingerprint density at radius 2 is 1.90 bits per heavy atom. The quantitative estimate of drug-likeness (QED) is 0.905. The molecule has 2 heterocycles. The number of anilines is 2. The van der Waals surface area contributed by atoms with E-state index < -0.39 is 0 Å². The van der Waals surface area contributed by atoms with Gasteiger partial charge >= 0.3 is 0 Å². The SMILES string of the molecule is Fc1ccccc1NC1CCN(c2ncccc2Br)CC1. The number of nitrogens with zero attached hydrogens (tertiary/aromatic N) is 2. The van der Waals surface area contributed by atoms with Gasteiger partial charge in [-0.2, -0.15) is 0 Å². The van der Waals surface area contributed by atoms with Crippen molar-refractivity contribution in [1.82, 2.24) is 4.98 Å². The lowest BCUT2D eigenvalue weighted by atomic mass is 10.0. The lowest BCUT2D eigenvalue weighted by Gasteiger charge is -2.34. The molecule has 0 unspecified atom stereocenters. The standard InChI is InChI=1S/C16H17BrFN3/c17-13-4-3-9-19-16(13)21-10-7-12(8-11-21)20-15-6-2-1-5-14(15)18/h1-6,9,12,20H,7-8,10-11H2. The van der Waals surface area contributed by atoms with Crippen molar-refractivity contribution >= 4 is 27.4 Å². The number of rotatable bonds is 3. The molecule has 1 aromatic heterocycles. The van der Waals surface area contributed by atoms with Gasteiger partial charge in [0, 0.05) is 25.3 Å². The summed E-state index contributed by atoms with van der Waals surface area (Å²) in [5, 5.41) is 3.30. The van der Waals surface area contributed by atoms with Crippen LogP contribution in [0.25, 0.3) is 0 Å². The minimum atomic E-state index is -0.188. The van der Waals surface area contributed by atoms with Gasteiger partial charge in [-0.05, 0) is 53.0 Å². The van der Waals surface area contributed by atoms with Crippen LogP contribution in [0.15, 0.2) is 47.1 Å². The fraction of sp³-hybridized carbons (Fsp3) is 0.312. The molecule has 1 aliphatic heterocycles. The monoisotopic (exact) mass is 349 g/mol. The first kappa shape index (κ1) is 14.3. The predicted octanol–water partition coefficient (Wildman–Crippen LogP) is 4.06. The number of para-hydroxylation sites is 1. The van der Waals surface area contributed by atoms with Crippen molar-refractivity contribution in [1.29, 1.82) is 0 Å². The van der Waals surface area contributed by atoms with Gasteiger partial charge in [0.1, 0.15) is 11.6 Å². The fourth-order valence-electron chi connectivity index (χ4n) is 2.64. The van der Waals surface area contributed by atoms with Gasteiger partial charge in [-0.3, -0.25) is 0 Å². The van der Waals surface area contributed by atoms with Crippen molar-refractivity contribution < 1.29 is 4.39 Å². The summed E-state index contributed by atoms with van der Waals surface area (Å²) in [4.78, 5) is 6.69. The largest absolute Gasteiger partial charge is 0.380 e. The van der Waals surface area contributed by atoms with Gasteiger partial charge in [0.15, 0.2) is 0 Å². The van der Waals surface area contributed by atoms with Crippen molar-refractivity contribution in [3.63, 3.8) is 0 Å². The zero-order chi connectivity index (χ0) is 14.7. The van der Waals surface area contributed by atoms with E-state index >= 15 is 0 Å². The van der Waals surface area contributed by atoms with E-state index in [0.29, 0.717) is 11.7 Å². The molecule has 0 bridgehead atoms. The Morgan fingerprint density at radius 1 is 1.14 bits per heavy atom. The van der Waals surface area contributed by atoms with Gasteiger partial charge in [-0.1, -0.05) is 12.1 Å². The van der Waals surface area contributed by atoms with Gasteiger partial charge in [0.05, 0.1) is 10.2 Å². The van der Waals surface area contributed by atoms with Crippen LogP contribution in [0.4, 0.5) is 15.9 Å². The maximum Gasteiger partial charge on any atom is 0.146 e. The molecule has 2 aromatic rings. The summed E-state index contributed by atoms with van der Waals surface area (Å²) in [5.41, 5.74) is 0.593. The number of benzene rings is 1. The van der Waals surface area contributed by atoms with E-state index in [0.717, 1.165) is 36.2 Å². The Labute approximate surface area is 132 Å². The lowest BCUT2D eigenvalue weighted by Crippen LogP contribution is -2.39. The van der Waals surface area contributed by atoms with E-state index in [4.69, 9.17) is 0 Å². The van der Waals surface area contributed by atoms with Crippen LogP contribution in [0.5, 0.6) is 0 Å². The molecule has 1 saturated heterocycles. The zero-order valence-corrected chi connectivity index (χ0v) is 13.2. The van der Waals surface area contributed by atoms with Gasteiger partial charge in [0.2, 0.25) is 0 Å². The van der Waals surface area contributed by atoms with E-state index in [1.165, 1.54) is 6.07 Å². The molecule has 1 fully saturated rings. The number of piperidine rings is 1. The zero-order valence-electron chi connectivity index (χ0n) is 11.6. The number of nitrogens with one attached hydrogen (secondary N) is 1. The Kier molecular flexibility index (Phi) is 4.39. The number of aromatic nitrogens is 1. The van der Waals surface area contributed by atoms with Crippen molar-refractivity contribution in [3.05, 3.63) is 52.9 Å². The van der Waals surface area contributed by atoms with E-state index in [2.05, 4.69) is 31.1 Å². The Balaban J connectivity index is 1.61. The summed E-state index contributed by atoms with van der Waals surface area (Å²) in [7, 11) is 0. The van der Waals surface area contributed by atoms with Crippen LogP contribution >= 0.6 is 15.9 Å². The van der Waals surface area contributed by atoms with Gasteiger partial charge < -0.3 is 10.2 Å². The number of pyridine rings is 1. The summed E-state index contributed by atoms with van der Waals surface area (Å²) < 4.78 is 14.7. The second-order valence-electron chi connectivity index (χ2n) is 5.19. The minimum absolute atomic E-state index is 0.188. The van der Waals surface area contributed by atoms with Gasteiger partial charge in [-0.15, -0.1) is 0 Å². The fourth-order valence-corrected chi connectivity index (χ4v) is 3.15. The average molecular weight is 350 g/mol. The van der Waals surface area contributed by atoms with Crippen LogP contribution < -0.4 is 10.2 Å². The maximum atomic E-state index is 13.7. The summed E-state index contributed by atoms with van der Waals surface area (Å²) in [6.07, 6.45) is 3.75. The molecule has 0 saturated carbocycles. The first-order valence-electron chi connectivity index (χ1n) is 7.10. The summed E-state index contributed by atoms with van der Waals surface area (Å²) in [6, 6.07) is 11.1. The molecule has 3 rings (SSSR count). The first-order valence-corrected chi connectivity index (χ1v) is 7.90. The smallest absolute Gasteiger partial charge is 0.146 e. The molecule has 110 valence electrons. The maximum absolute atomic E-state index is 13.7. The Bertz CT molecular complexity index is 612. The van der Waals surface area contributed by atoms with E-state index in [1.807, 2.05) is 24.4 Å². The molecule has 0 spiro atoms. The molecule has 1 aliphatic rings. The first-order chi connectivity index (χ1) is 10.2. The van der Waals surface area contributed by atoms with Crippen LogP contribution in [0.3, 0.4) is 0 Å². The van der Waals surface area contributed by atoms with Crippen molar-refractivity contribution in [2.75, 3.05) is 23.3 Å². The molecule has 1 aromatic carbocycles. The van der Waals surface area contributed by atoms with Crippen molar-refractivity contribution in [3.8, 4) is 0 Å². The average Bonchev–Trinajstić information content (AvgIpc) is 2.51. The second-order valence-corrected chi connectivity index (χ2v) is 6.05. The molecule has 3 nitrogen and oxygen atoms in total. The third-order valence-electron chi connectivity index (χ3n) is 3.77. The lowest BCUT2D eigenvalue weighted by molar-refractivity contribution is 0.519. The van der Waals surface area contributed by atoms with Crippen LogP contribution in [-0.4, -0.2) is 24.1 Å². The highest BCUT2D eigenvalue weighted by Gasteiger charge is 2.21. The molecule has 0 atom stereocenters. The van der Waals surface area contributed by atoms with E-state index in [1.54, 1.807) is 12.1 Å². The van der Waals surface area contributed by atoms with E-state index in [9.17, 15) is 4.39 Å². The van der Waals surface area contributed by atoms with Gasteiger partial charge in [-0.25, -0.2) is 9.37 Å². The highest BCUT2D eigenvalue weighted by Crippen LogP contribution is 2.27. The van der Waals surface area contributed by atoms with E-state index in [-0.39, 0.29) is 5.82 Å². The van der Waals surface area contributed by atoms with Gasteiger partial charge in [0.25, 0.3) is 0 Å².